The lowest BCUT2D eigenvalue weighted by molar-refractivity contribution is -0.145. The van der Waals surface area contributed by atoms with Crippen LogP contribution in [0.2, 0.25) is 18.1 Å². The molecule has 2 fully saturated rings. The van der Waals surface area contributed by atoms with Crippen molar-refractivity contribution in [2.45, 2.75) is 78.3 Å². The maximum Gasteiger partial charge on any atom is 0.247 e. The summed E-state index contributed by atoms with van der Waals surface area (Å²) in [6, 6.07) is 34.0. The van der Waals surface area contributed by atoms with Gasteiger partial charge < -0.3 is 33.7 Å². The molecule has 0 saturated carbocycles. The minimum atomic E-state index is -1.79. The van der Waals surface area contributed by atoms with Gasteiger partial charge in [0.2, 0.25) is 17.7 Å². The third-order valence-corrected chi connectivity index (χ3v) is 17.9. The molecule has 4 aromatic rings. The molecule has 12 heteroatoms. The first-order chi connectivity index (χ1) is 31.1. The highest BCUT2D eigenvalue weighted by Gasteiger charge is 2.37. The number of likely N-dealkylation sites (N-methyl/N-ethyl adjacent to an activating group) is 1. The number of piperazine rings is 2. The van der Waals surface area contributed by atoms with E-state index in [2.05, 4.69) is 104 Å². The van der Waals surface area contributed by atoms with Crippen LogP contribution >= 0.6 is 0 Å². The lowest BCUT2D eigenvalue weighted by atomic mass is 10.0. The zero-order valence-corrected chi connectivity index (χ0v) is 41.2. The lowest BCUT2D eigenvalue weighted by Gasteiger charge is -2.39. The molecule has 1 atom stereocenters. The minimum Gasteiger partial charge on any atom is -0.494 e. The standard InChI is InChI=1S/C53H72N6O5Si/c1-9-63-49-26-19-43(20-27-49)21-28-51(61)59(41-46-17-24-48(25-18-46)57-35-33-56(34-36-57)42(2)60)50(39-44-13-11-10-12-14-44)52(62)58-31-29-55(30-32-58)40-45-15-22-47(23-16-45)54(6)37-38-64-65(7,8)53(3,4)5/h10-28,50H,9,29-41H2,1-8H3/t50-/m0/s1. The topological polar surface area (TPSA) is 89.1 Å². The molecule has 2 saturated heterocycles. The molecule has 348 valence electrons. The van der Waals surface area contributed by atoms with Crippen LogP contribution < -0.4 is 14.5 Å². The number of benzene rings is 4. The van der Waals surface area contributed by atoms with Gasteiger partial charge in [-0.1, -0.05) is 87.5 Å². The number of hydrogen-bond donors (Lipinski definition) is 0. The largest absolute Gasteiger partial charge is 0.494 e. The Kier molecular flexibility index (Phi) is 17.1. The first kappa shape index (κ1) is 49.0. The molecule has 11 nitrogen and oxygen atoms in total. The lowest BCUT2D eigenvalue weighted by Crippen LogP contribution is -2.56. The van der Waals surface area contributed by atoms with Crippen molar-refractivity contribution in [1.82, 2.24) is 19.6 Å². The SMILES string of the molecule is CCOc1ccc(C=CC(=O)N(Cc2ccc(N3CCN(C(C)=O)CC3)cc2)[C@@H](Cc2ccccc2)C(=O)N2CCN(Cc3ccc(N(C)CCO[Si](C)(C)C(C)(C)C)cc3)CC2)cc1. The average molecular weight is 901 g/mol. The molecule has 0 aromatic heterocycles. The van der Waals surface area contributed by atoms with Crippen LogP contribution in [-0.2, 0) is 38.3 Å². The first-order valence-corrected chi connectivity index (χ1v) is 26.3. The van der Waals surface area contributed by atoms with E-state index in [4.69, 9.17) is 9.16 Å². The van der Waals surface area contributed by atoms with Crippen LogP contribution in [0.4, 0.5) is 11.4 Å². The van der Waals surface area contributed by atoms with Gasteiger partial charge in [-0.25, -0.2) is 0 Å². The van der Waals surface area contributed by atoms with Gasteiger partial charge in [-0.05, 0) is 89.8 Å². The number of nitrogens with zero attached hydrogens (tertiary/aromatic N) is 6. The van der Waals surface area contributed by atoms with Crippen LogP contribution in [0.3, 0.4) is 0 Å². The summed E-state index contributed by atoms with van der Waals surface area (Å²) in [4.78, 5) is 53.9. The molecule has 65 heavy (non-hydrogen) atoms. The normalized spacial score (nSPS) is 15.5. The highest BCUT2D eigenvalue weighted by molar-refractivity contribution is 6.74. The molecule has 6 rings (SSSR count). The van der Waals surface area contributed by atoms with E-state index in [0.717, 1.165) is 67.4 Å². The predicted molar refractivity (Wildman–Crippen MR) is 267 cm³/mol. The fraction of sp³-hybridized carbons (Fsp3) is 0.453. The summed E-state index contributed by atoms with van der Waals surface area (Å²) in [5.74, 6) is 0.608. The summed E-state index contributed by atoms with van der Waals surface area (Å²) in [6.07, 6.45) is 3.80. The Hall–Kier alpha value is -5.43. The molecule has 0 bridgehead atoms. The Morgan fingerprint density at radius 2 is 1.37 bits per heavy atom. The Labute approximate surface area is 389 Å². The van der Waals surface area contributed by atoms with E-state index in [1.54, 1.807) is 17.9 Å². The van der Waals surface area contributed by atoms with Gasteiger partial charge in [-0.15, -0.1) is 0 Å². The van der Waals surface area contributed by atoms with Gasteiger partial charge in [0.1, 0.15) is 11.8 Å². The van der Waals surface area contributed by atoms with Crippen molar-refractivity contribution in [3.8, 4) is 5.75 Å². The van der Waals surface area contributed by atoms with Gasteiger partial charge in [0, 0.05) is 110 Å². The number of rotatable bonds is 18. The van der Waals surface area contributed by atoms with Crippen LogP contribution in [0.15, 0.2) is 109 Å². The predicted octanol–water partition coefficient (Wildman–Crippen LogP) is 8.21. The summed E-state index contributed by atoms with van der Waals surface area (Å²) in [5.41, 5.74) is 6.28. The van der Waals surface area contributed by atoms with E-state index in [1.807, 2.05) is 77.4 Å². The zero-order valence-electron chi connectivity index (χ0n) is 40.2. The van der Waals surface area contributed by atoms with E-state index in [0.29, 0.717) is 45.8 Å². The van der Waals surface area contributed by atoms with E-state index in [9.17, 15) is 14.4 Å². The molecule has 2 aliphatic heterocycles. The average Bonchev–Trinajstić information content (AvgIpc) is 3.30. The second-order valence-electron chi connectivity index (χ2n) is 19.0. The summed E-state index contributed by atoms with van der Waals surface area (Å²) in [6.45, 7) is 23.7. The van der Waals surface area contributed by atoms with Gasteiger partial charge in [-0.3, -0.25) is 19.3 Å². The third-order valence-electron chi connectivity index (χ3n) is 13.4. The molecule has 0 unspecified atom stereocenters. The second-order valence-corrected chi connectivity index (χ2v) is 23.8. The second kappa shape index (κ2) is 22.7. The number of carbonyl (C=O) groups is 3. The monoisotopic (exact) mass is 901 g/mol. The molecule has 2 heterocycles. The highest BCUT2D eigenvalue weighted by atomic mass is 28.4. The van der Waals surface area contributed by atoms with E-state index in [1.165, 1.54) is 11.3 Å². The summed E-state index contributed by atoms with van der Waals surface area (Å²) in [7, 11) is 0.331. The van der Waals surface area contributed by atoms with Crippen molar-refractivity contribution in [1.29, 1.82) is 0 Å². The van der Waals surface area contributed by atoms with Crippen molar-refractivity contribution in [3.05, 3.63) is 131 Å². The zero-order chi connectivity index (χ0) is 46.6. The van der Waals surface area contributed by atoms with Gasteiger partial charge in [-0.2, -0.15) is 0 Å². The van der Waals surface area contributed by atoms with Crippen molar-refractivity contribution < 1.29 is 23.5 Å². The summed E-state index contributed by atoms with van der Waals surface area (Å²) < 4.78 is 12.1. The molecule has 2 aliphatic rings. The van der Waals surface area contributed by atoms with Crippen molar-refractivity contribution in [2.24, 2.45) is 0 Å². The number of amides is 3. The maximum atomic E-state index is 14.9. The first-order valence-electron chi connectivity index (χ1n) is 23.4. The summed E-state index contributed by atoms with van der Waals surface area (Å²) in [5, 5.41) is 0.191. The van der Waals surface area contributed by atoms with Crippen LogP contribution in [0, 0.1) is 0 Å². The molecule has 0 aliphatic carbocycles. The van der Waals surface area contributed by atoms with E-state index in [-0.39, 0.29) is 29.3 Å². The van der Waals surface area contributed by atoms with Crippen molar-refractivity contribution in [2.75, 3.05) is 89.0 Å². The summed E-state index contributed by atoms with van der Waals surface area (Å²) >= 11 is 0. The van der Waals surface area contributed by atoms with E-state index >= 15 is 0 Å². The van der Waals surface area contributed by atoms with Crippen LogP contribution in [0.5, 0.6) is 5.75 Å². The Morgan fingerprint density at radius 1 is 0.754 bits per heavy atom. The fourth-order valence-electron chi connectivity index (χ4n) is 8.14. The van der Waals surface area contributed by atoms with Gasteiger partial charge in [0.25, 0.3) is 0 Å². The Balaban J connectivity index is 1.15. The Morgan fingerprint density at radius 3 is 1.97 bits per heavy atom. The third kappa shape index (κ3) is 13.8. The van der Waals surface area contributed by atoms with Crippen molar-refractivity contribution >= 4 is 43.5 Å². The molecule has 4 aromatic carbocycles. The molecule has 0 radical (unpaired) electrons. The van der Waals surface area contributed by atoms with Gasteiger partial charge in [0.05, 0.1) is 13.2 Å². The maximum absolute atomic E-state index is 14.9. The minimum absolute atomic E-state index is 0.0405. The number of anilines is 2. The van der Waals surface area contributed by atoms with Crippen LogP contribution in [0.25, 0.3) is 6.08 Å². The molecular weight excluding hydrogens is 829 g/mol. The van der Waals surface area contributed by atoms with E-state index < -0.39 is 14.4 Å². The molecule has 3 amide bonds. The number of hydrogen-bond acceptors (Lipinski definition) is 8. The van der Waals surface area contributed by atoms with Gasteiger partial charge >= 0.3 is 0 Å². The Bertz CT molecular complexity index is 2160. The van der Waals surface area contributed by atoms with Crippen LogP contribution in [0.1, 0.15) is 56.9 Å². The highest BCUT2D eigenvalue weighted by Crippen LogP contribution is 2.36. The molecular formula is C53H72N6O5Si. The van der Waals surface area contributed by atoms with Gasteiger partial charge in [0.15, 0.2) is 8.32 Å². The smallest absolute Gasteiger partial charge is 0.247 e. The number of ether oxygens (including phenoxy) is 1. The molecule has 0 spiro atoms. The van der Waals surface area contributed by atoms with Crippen LogP contribution in [-0.4, -0.2) is 131 Å². The number of carbonyl (C=O) groups excluding carboxylic acids is 3. The van der Waals surface area contributed by atoms with Crippen molar-refractivity contribution in [3.63, 3.8) is 0 Å². The quantitative estimate of drug-likeness (QED) is 0.0730. The fourth-order valence-corrected chi connectivity index (χ4v) is 9.17. The molecule has 0 N–H and O–H groups in total.